The number of alkyl halides is 1. The number of para-hydroxylation sites is 1. The monoisotopic (exact) mass is 252 g/mol. The van der Waals surface area contributed by atoms with Crippen LogP contribution in [0.25, 0.3) is 10.9 Å². The van der Waals surface area contributed by atoms with Gasteiger partial charge in [0.25, 0.3) is 5.56 Å². The number of fused-ring (bicyclic) bond motifs is 1. The van der Waals surface area contributed by atoms with E-state index in [1.54, 1.807) is 22.8 Å². The van der Waals surface area contributed by atoms with Crippen molar-refractivity contribution in [3.05, 3.63) is 45.1 Å². The molecule has 4 nitrogen and oxygen atoms in total. The van der Waals surface area contributed by atoms with E-state index in [1.165, 1.54) is 4.57 Å². The first-order chi connectivity index (χ1) is 8.20. The van der Waals surface area contributed by atoms with Crippen LogP contribution in [0.5, 0.6) is 0 Å². The van der Waals surface area contributed by atoms with E-state index < -0.39 is 0 Å². The Hall–Kier alpha value is -1.55. The Morgan fingerprint density at radius 2 is 1.88 bits per heavy atom. The Morgan fingerprint density at radius 3 is 2.53 bits per heavy atom. The summed E-state index contributed by atoms with van der Waals surface area (Å²) in [5.74, 6) is 0.247. The Bertz CT molecular complexity index is 658. The normalized spacial score (nSPS) is 10.9. The molecule has 0 saturated heterocycles. The summed E-state index contributed by atoms with van der Waals surface area (Å²) in [6.07, 6.45) is 0. The van der Waals surface area contributed by atoms with Gasteiger partial charge >= 0.3 is 5.69 Å². The second-order valence-corrected chi connectivity index (χ2v) is 4.07. The van der Waals surface area contributed by atoms with Gasteiger partial charge in [0.15, 0.2) is 0 Å². The molecular weight excluding hydrogens is 240 g/mol. The molecule has 0 aliphatic rings. The standard InChI is InChI=1S/C12H13ClN2O2/c1-2-14-10-6-4-3-5-9(10)11(16)15(8-7-13)12(14)17/h3-6H,2,7-8H2,1H3. The van der Waals surface area contributed by atoms with Crippen LogP contribution in [0.1, 0.15) is 6.92 Å². The Kier molecular flexibility index (Phi) is 3.33. The summed E-state index contributed by atoms with van der Waals surface area (Å²) in [6, 6.07) is 7.12. The minimum Gasteiger partial charge on any atom is -0.293 e. The number of aromatic nitrogens is 2. The van der Waals surface area contributed by atoms with Crippen molar-refractivity contribution >= 4 is 22.5 Å². The molecule has 0 bridgehead atoms. The lowest BCUT2D eigenvalue weighted by Crippen LogP contribution is -2.40. The molecule has 0 fully saturated rings. The summed E-state index contributed by atoms with van der Waals surface area (Å²) in [5.41, 5.74) is 0.114. The molecule has 1 heterocycles. The zero-order chi connectivity index (χ0) is 12.4. The van der Waals surface area contributed by atoms with Crippen molar-refractivity contribution < 1.29 is 0 Å². The van der Waals surface area contributed by atoms with E-state index >= 15 is 0 Å². The molecular formula is C12H13ClN2O2. The molecule has 0 aliphatic heterocycles. The fraction of sp³-hybridized carbons (Fsp3) is 0.333. The summed E-state index contributed by atoms with van der Waals surface area (Å²) in [4.78, 5) is 24.2. The lowest BCUT2D eigenvalue weighted by atomic mass is 10.2. The molecule has 0 spiro atoms. The number of nitrogens with zero attached hydrogens (tertiary/aromatic N) is 2. The van der Waals surface area contributed by atoms with Crippen molar-refractivity contribution in [2.75, 3.05) is 5.88 Å². The van der Waals surface area contributed by atoms with Gasteiger partial charge in [0, 0.05) is 19.0 Å². The van der Waals surface area contributed by atoms with Gasteiger partial charge in [0.1, 0.15) is 0 Å². The van der Waals surface area contributed by atoms with Gasteiger partial charge in [-0.1, -0.05) is 12.1 Å². The van der Waals surface area contributed by atoms with Crippen molar-refractivity contribution in [2.45, 2.75) is 20.0 Å². The van der Waals surface area contributed by atoms with Crippen LogP contribution in [-0.2, 0) is 13.1 Å². The second kappa shape index (κ2) is 4.75. The molecule has 90 valence electrons. The first-order valence-corrected chi connectivity index (χ1v) is 6.02. The van der Waals surface area contributed by atoms with Gasteiger partial charge in [0.2, 0.25) is 0 Å². The summed E-state index contributed by atoms with van der Waals surface area (Å²) in [5, 5.41) is 0.555. The molecule has 1 aromatic carbocycles. The third kappa shape index (κ3) is 1.89. The van der Waals surface area contributed by atoms with Crippen LogP contribution in [0.15, 0.2) is 33.9 Å². The predicted molar refractivity (Wildman–Crippen MR) is 68.9 cm³/mol. The second-order valence-electron chi connectivity index (χ2n) is 3.69. The van der Waals surface area contributed by atoms with Gasteiger partial charge in [-0.05, 0) is 19.1 Å². The fourth-order valence-corrected chi connectivity index (χ4v) is 2.13. The van der Waals surface area contributed by atoms with Gasteiger partial charge < -0.3 is 0 Å². The Labute approximate surface area is 103 Å². The van der Waals surface area contributed by atoms with Crippen LogP contribution in [0, 0.1) is 0 Å². The molecule has 0 amide bonds. The third-order valence-corrected chi connectivity index (χ3v) is 2.93. The number of benzene rings is 1. The van der Waals surface area contributed by atoms with Crippen LogP contribution in [0.4, 0.5) is 0 Å². The van der Waals surface area contributed by atoms with E-state index in [9.17, 15) is 9.59 Å². The quantitative estimate of drug-likeness (QED) is 0.776. The maximum Gasteiger partial charge on any atom is 0.331 e. The van der Waals surface area contributed by atoms with Crippen LogP contribution in [0.3, 0.4) is 0 Å². The summed E-state index contributed by atoms with van der Waals surface area (Å²) in [6.45, 7) is 2.65. The van der Waals surface area contributed by atoms with Crippen molar-refractivity contribution in [3.8, 4) is 0 Å². The molecule has 0 atom stereocenters. The number of aryl methyl sites for hydroxylation is 1. The van der Waals surface area contributed by atoms with Gasteiger partial charge in [0.05, 0.1) is 10.9 Å². The molecule has 0 N–H and O–H groups in total. The zero-order valence-corrected chi connectivity index (χ0v) is 10.3. The van der Waals surface area contributed by atoms with E-state index in [0.29, 0.717) is 17.4 Å². The maximum atomic E-state index is 12.1. The van der Waals surface area contributed by atoms with Crippen molar-refractivity contribution in [3.63, 3.8) is 0 Å². The maximum absolute atomic E-state index is 12.1. The Morgan fingerprint density at radius 1 is 1.18 bits per heavy atom. The first kappa shape index (κ1) is 11.9. The van der Waals surface area contributed by atoms with E-state index in [4.69, 9.17) is 11.6 Å². The molecule has 2 rings (SSSR count). The average molecular weight is 253 g/mol. The number of hydrogen-bond acceptors (Lipinski definition) is 2. The topological polar surface area (TPSA) is 44.0 Å². The first-order valence-electron chi connectivity index (χ1n) is 5.49. The van der Waals surface area contributed by atoms with E-state index in [2.05, 4.69) is 0 Å². The number of rotatable bonds is 3. The van der Waals surface area contributed by atoms with Gasteiger partial charge in [-0.2, -0.15) is 0 Å². The van der Waals surface area contributed by atoms with Gasteiger partial charge in [-0.25, -0.2) is 4.79 Å². The minimum atomic E-state index is -0.295. The zero-order valence-electron chi connectivity index (χ0n) is 9.52. The number of halogens is 1. The smallest absolute Gasteiger partial charge is 0.293 e. The molecule has 17 heavy (non-hydrogen) atoms. The minimum absolute atomic E-state index is 0.240. The predicted octanol–water partition coefficient (Wildman–Crippen LogP) is 1.42. The van der Waals surface area contributed by atoms with Crippen LogP contribution in [-0.4, -0.2) is 15.0 Å². The average Bonchev–Trinajstić information content (AvgIpc) is 2.35. The highest BCUT2D eigenvalue weighted by atomic mass is 35.5. The van der Waals surface area contributed by atoms with Gasteiger partial charge in [-0.3, -0.25) is 13.9 Å². The van der Waals surface area contributed by atoms with Crippen LogP contribution in [0.2, 0.25) is 0 Å². The van der Waals surface area contributed by atoms with Crippen LogP contribution >= 0.6 is 11.6 Å². The molecule has 0 radical (unpaired) electrons. The highest BCUT2D eigenvalue weighted by Crippen LogP contribution is 2.06. The largest absolute Gasteiger partial charge is 0.331 e. The van der Waals surface area contributed by atoms with Gasteiger partial charge in [-0.15, -0.1) is 11.6 Å². The highest BCUT2D eigenvalue weighted by Gasteiger charge is 2.10. The fourth-order valence-electron chi connectivity index (χ4n) is 1.96. The molecule has 1 aromatic heterocycles. The molecule has 0 unspecified atom stereocenters. The molecule has 5 heteroatoms. The van der Waals surface area contributed by atoms with Crippen molar-refractivity contribution in [1.29, 1.82) is 0 Å². The summed E-state index contributed by atoms with van der Waals surface area (Å²) >= 11 is 5.62. The molecule has 2 aromatic rings. The lowest BCUT2D eigenvalue weighted by molar-refractivity contribution is 0.611. The third-order valence-electron chi connectivity index (χ3n) is 2.76. The molecule has 0 aliphatic carbocycles. The number of hydrogen-bond donors (Lipinski definition) is 0. The van der Waals surface area contributed by atoms with E-state index in [0.717, 1.165) is 0 Å². The van der Waals surface area contributed by atoms with E-state index in [1.807, 2.05) is 13.0 Å². The Balaban J connectivity index is 2.95. The molecule has 0 saturated carbocycles. The SMILES string of the molecule is CCn1c(=O)n(CCCl)c(=O)c2ccccc21. The van der Waals surface area contributed by atoms with Crippen LogP contribution < -0.4 is 11.2 Å². The lowest BCUT2D eigenvalue weighted by Gasteiger charge is -2.11. The highest BCUT2D eigenvalue weighted by molar-refractivity contribution is 6.17. The van der Waals surface area contributed by atoms with Crippen molar-refractivity contribution in [1.82, 2.24) is 9.13 Å². The summed E-state index contributed by atoms with van der Waals surface area (Å²) in [7, 11) is 0. The van der Waals surface area contributed by atoms with Crippen molar-refractivity contribution in [2.24, 2.45) is 0 Å². The summed E-state index contributed by atoms with van der Waals surface area (Å²) < 4.78 is 2.78. The van der Waals surface area contributed by atoms with E-state index in [-0.39, 0.29) is 23.7 Å².